The molecule has 0 unspecified atom stereocenters. The van der Waals surface area contributed by atoms with Crippen LogP contribution < -0.4 is 5.73 Å². The van der Waals surface area contributed by atoms with E-state index >= 15 is 0 Å². The summed E-state index contributed by atoms with van der Waals surface area (Å²) in [4.78, 5) is 11.4. The van der Waals surface area contributed by atoms with Crippen molar-refractivity contribution >= 4 is 16.5 Å². The summed E-state index contributed by atoms with van der Waals surface area (Å²) in [5.74, 6) is 1.34. The number of hydrogen-bond acceptors (Lipinski definition) is 5. The fraction of sp³-hybridized carbons (Fsp3) is 0. The highest BCUT2D eigenvalue weighted by atomic mass is 16.5. The standard InChI is InChI=1S/C15H11N5O/c16-12-8-10-4-2-1-3-9(10)7-11(12)15-19-14(20-21-15)13-17-5-6-18-13/h1-8H,16H2,(H,17,18). The third-order valence-electron chi connectivity index (χ3n) is 3.28. The van der Waals surface area contributed by atoms with E-state index in [0.29, 0.717) is 23.2 Å². The van der Waals surface area contributed by atoms with Crippen LogP contribution in [0.2, 0.25) is 0 Å². The Morgan fingerprint density at radius 2 is 1.90 bits per heavy atom. The summed E-state index contributed by atoms with van der Waals surface area (Å²) in [5, 5.41) is 6.06. The molecular weight excluding hydrogens is 266 g/mol. The summed E-state index contributed by atoms with van der Waals surface area (Å²) in [5.41, 5.74) is 7.42. The molecule has 0 saturated carbocycles. The molecule has 0 aliphatic rings. The molecule has 21 heavy (non-hydrogen) atoms. The average Bonchev–Trinajstić information content (AvgIpc) is 3.17. The average molecular weight is 277 g/mol. The lowest BCUT2D eigenvalue weighted by molar-refractivity contribution is 0.432. The minimum absolute atomic E-state index is 0.379. The van der Waals surface area contributed by atoms with Crippen molar-refractivity contribution in [2.75, 3.05) is 5.73 Å². The van der Waals surface area contributed by atoms with Crippen LogP contribution in [0.5, 0.6) is 0 Å². The zero-order valence-corrected chi connectivity index (χ0v) is 10.9. The van der Waals surface area contributed by atoms with Gasteiger partial charge in [-0.1, -0.05) is 29.4 Å². The number of nitrogens with one attached hydrogen (secondary N) is 1. The van der Waals surface area contributed by atoms with Gasteiger partial charge in [0, 0.05) is 18.1 Å². The number of H-pyrrole nitrogens is 1. The second-order valence-corrected chi connectivity index (χ2v) is 4.65. The number of fused-ring (bicyclic) bond motifs is 1. The molecule has 4 aromatic rings. The molecule has 2 aromatic carbocycles. The Labute approximate surface area is 119 Å². The number of aromatic nitrogens is 4. The van der Waals surface area contributed by atoms with Gasteiger partial charge in [0.05, 0.1) is 5.56 Å². The predicted octanol–water partition coefficient (Wildman–Crippen LogP) is 2.86. The molecule has 0 aliphatic heterocycles. The van der Waals surface area contributed by atoms with Gasteiger partial charge >= 0.3 is 0 Å². The molecule has 6 nitrogen and oxygen atoms in total. The van der Waals surface area contributed by atoms with Crippen molar-refractivity contribution in [3.8, 4) is 23.1 Å². The van der Waals surface area contributed by atoms with E-state index < -0.39 is 0 Å². The lowest BCUT2D eigenvalue weighted by Crippen LogP contribution is -1.91. The van der Waals surface area contributed by atoms with Crippen molar-refractivity contribution in [2.24, 2.45) is 0 Å². The summed E-state index contributed by atoms with van der Waals surface area (Å²) < 4.78 is 5.30. The molecule has 0 fully saturated rings. The topological polar surface area (TPSA) is 93.6 Å². The summed E-state index contributed by atoms with van der Waals surface area (Å²) in [7, 11) is 0. The highest BCUT2D eigenvalue weighted by molar-refractivity contribution is 5.92. The van der Waals surface area contributed by atoms with Gasteiger partial charge in [-0.3, -0.25) is 0 Å². The van der Waals surface area contributed by atoms with Crippen molar-refractivity contribution < 1.29 is 4.52 Å². The van der Waals surface area contributed by atoms with Gasteiger partial charge in [-0.2, -0.15) is 4.98 Å². The zero-order chi connectivity index (χ0) is 14.2. The van der Waals surface area contributed by atoms with Crippen LogP contribution in [0, 0.1) is 0 Å². The SMILES string of the molecule is Nc1cc2ccccc2cc1-c1nc(-c2ncc[nH]2)no1. The molecule has 0 aliphatic carbocycles. The minimum Gasteiger partial charge on any atom is -0.398 e. The maximum atomic E-state index is 6.10. The predicted molar refractivity (Wildman–Crippen MR) is 79.2 cm³/mol. The number of anilines is 1. The maximum absolute atomic E-state index is 6.10. The van der Waals surface area contributed by atoms with Crippen LogP contribution in [0.3, 0.4) is 0 Å². The molecule has 6 heteroatoms. The third kappa shape index (κ3) is 1.93. The van der Waals surface area contributed by atoms with Crippen molar-refractivity contribution in [1.29, 1.82) is 0 Å². The first-order valence-corrected chi connectivity index (χ1v) is 6.43. The molecule has 4 rings (SSSR count). The van der Waals surface area contributed by atoms with Crippen LogP contribution in [0.4, 0.5) is 5.69 Å². The maximum Gasteiger partial charge on any atom is 0.260 e. The van der Waals surface area contributed by atoms with E-state index in [1.54, 1.807) is 12.4 Å². The number of nitrogens with zero attached hydrogens (tertiary/aromatic N) is 3. The molecule has 0 spiro atoms. The van der Waals surface area contributed by atoms with E-state index in [1.165, 1.54) is 0 Å². The van der Waals surface area contributed by atoms with Crippen molar-refractivity contribution in [2.45, 2.75) is 0 Å². The molecule has 0 amide bonds. The van der Waals surface area contributed by atoms with Gasteiger partial charge in [0.1, 0.15) is 0 Å². The molecule has 0 radical (unpaired) electrons. The molecular formula is C15H11N5O. The lowest BCUT2D eigenvalue weighted by atomic mass is 10.1. The van der Waals surface area contributed by atoms with Crippen molar-refractivity contribution in [3.05, 3.63) is 48.8 Å². The molecule has 102 valence electrons. The Balaban J connectivity index is 1.85. The molecule has 0 atom stereocenters. The number of benzene rings is 2. The number of rotatable bonds is 2. The largest absolute Gasteiger partial charge is 0.398 e. The van der Waals surface area contributed by atoms with Gasteiger partial charge in [-0.05, 0) is 22.9 Å². The molecule has 0 saturated heterocycles. The van der Waals surface area contributed by atoms with Crippen LogP contribution in [-0.2, 0) is 0 Å². The van der Waals surface area contributed by atoms with Gasteiger partial charge in [0.15, 0.2) is 5.82 Å². The minimum atomic E-state index is 0.379. The summed E-state index contributed by atoms with van der Waals surface area (Å²) in [6.45, 7) is 0. The Hall–Kier alpha value is -3.15. The van der Waals surface area contributed by atoms with E-state index in [4.69, 9.17) is 10.3 Å². The summed E-state index contributed by atoms with van der Waals surface area (Å²) in [6.07, 6.45) is 3.34. The molecule has 0 bridgehead atoms. The number of nitrogen functional groups attached to an aromatic ring is 1. The van der Waals surface area contributed by atoms with Gasteiger partial charge in [-0.15, -0.1) is 0 Å². The Kier molecular flexibility index (Phi) is 2.47. The fourth-order valence-electron chi connectivity index (χ4n) is 2.26. The number of imidazole rings is 1. The second kappa shape index (κ2) is 4.45. The molecule has 3 N–H and O–H groups in total. The Morgan fingerprint density at radius 3 is 2.67 bits per heavy atom. The van der Waals surface area contributed by atoms with Crippen LogP contribution in [0.15, 0.2) is 53.3 Å². The van der Waals surface area contributed by atoms with Crippen LogP contribution in [0.25, 0.3) is 33.9 Å². The van der Waals surface area contributed by atoms with Gasteiger partial charge < -0.3 is 15.2 Å². The van der Waals surface area contributed by atoms with Crippen molar-refractivity contribution in [3.63, 3.8) is 0 Å². The monoisotopic (exact) mass is 277 g/mol. The van der Waals surface area contributed by atoms with E-state index in [9.17, 15) is 0 Å². The highest BCUT2D eigenvalue weighted by Crippen LogP contribution is 2.30. The first kappa shape index (κ1) is 11.7. The van der Waals surface area contributed by atoms with Crippen LogP contribution in [-0.4, -0.2) is 20.1 Å². The quantitative estimate of drug-likeness (QED) is 0.549. The van der Waals surface area contributed by atoms with Gasteiger partial charge in [0.25, 0.3) is 5.89 Å². The third-order valence-corrected chi connectivity index (χ3v) is 3.28. The first-order valence-electron chi connectivity index (χ1n) is 6.43. The van der Waals surface area contributed by atoms with Crippen LogP contribution >= 0.6 is 0 Å². The molecule has 2 aromatic heterocycles. The summed E-state index contributed by atoms with van der Waals surface area (Å²) in [6, 6.07) is 11.8. The highest BCUT2D eigenvalue weighted by Gasteiger charge is 2.15. The lowest BCUT2D eigenvalue weighted by Gasteiger charge is -2.03. The fourth-order valence-corrected chi connectivity index (χ4v) is 2.26. The Morgan fingerprint density at radius 1 is 1.10 bits per heavy atom. The second-order valence-electron chi connectivity index (χ2n) is 4.65. The van der Waals surface area contributed by atoms with Gasteiger partial charge in [-0.25, -0.2) is 4.98 Å². The smallest absolute Gasteiger partial charge is 0.260 e. The zero-order valence-electron chi connectivity index (χ0n) is 10.9. The van der Waals surface area contributed by atoms with E-state index in [2.05, 4.69) is 20.1 Å². The van der Waals surface area contributed by atoms with Crippen LogP contribution in [0.1, 0.15) is 0 Å². The van der Waals surface area contributed by atoms with E-state index in [1.807, 2.05) is 36.4 Å². The van der Waals surface area contributed by atoms with E-state index in [0.717, 1.165) is 16.3 Å². The summed E-state index contributed by atoms with van der Waals surface area (Å²) >= 11 is 0. The van der Waals surface area contributed by atoms with Gasteiger partial charge in [0.2, 0.25) is 5.82 Å². The van der Waals surface area contributed by atoms with E-state index in [-0.39, 0.29) is 0 Å². The Bertz CT molecular complexity index is 911. The first-order chi connectivity index (χ1) is 10.3. The molecule has 2 heterocycles. The number of hydrogen-bond donors (Lipinski definition) is 2. The normalized spacial score (nSPS) is 11.0. The number of nitrogens with two attached hydrogens (primary N) is 1. The van der Waals surface area contributed by atoms with Crippen molar-refractivity contribution in [1.82, 2.24) is 20.1 Å². The number of aromatic amines is 1.